The van der Waals surface area contributed by atoms with Gasteiger partial charge in [0, 0.05) is 31.2 Å². The van der Waals surface area contributed by atoms with Crippen molar-refractivity contribution >= 4 is 100 Å². The topological polar surface area (TPSA) is 739 Å². The molecule has 0 spiro atoms. The van der Waals surface area contributed by atoms with E-state index in [9.17, 15) is 112 Å². The molecule has 0 fully saturated rings. The Balaban J connectivity index is 2.53. The lowest BCUT2D eigenvalue weighted by Gasteiger charge is -2.30. The molecule has 44 nitrogen and oxygen atoms in total. The minimum atomic E-state index is -2.05. The molecule has 2 aromatic rings. The molecule has 1 aromatic carbocycles. The molecular formula is C79H133N21O23. The van der Waals surface area contributed by atoms with E-state index in [-0.39, 0.29) is 87.6 Å². The largest absolute Gasteiger partial charge is 0.508 e. The van der Waals surface area contributed by atoms with Crippen LogP contribution in [0, 0.1) is 29.6 Å². The molecule has 16 amide bonds. The van der Waals surface area contributed by atoms with Crippen molar-refractivity contribution in [3.63, 3.8) is 0 Å². The van der Waals surface area contributed by atoms with Crippen LogP contribution in [-0.2, 0) is 94.3 Å². The van der Waals surface area contributed by atoms with Gasteiger partial charge in [-0.15, -0.1) is 0 Å². The van der Waals surface area contributed by atoms with Crippen LogP contribution in [0.3, 0.4) is 0 Å². The van der Waals surface area contributed by atoms with Gasteiger partial charge < -0.3 is 139 Å². The molecule has 44 heteroatoms. The van der Waals surface area contributed by atoms with Crippen molar-refractivity contribution in [2.75, 3.05) is 26.3 Å². The average Bonchev–Trinajstić information content (AvgIpc) is 0.956. The number of carbonyl (C=O) groups is 17. The molecule has 0 bridgehead atoms. The van der Waals surface area contributed by atoms with E-state index in [1.807, 2.05) is 0 Å². The predicted molar refractivity (Wildman–Crippen MR) is 445 cm³/mol. The molecule has 31 N–H and O–H groups in total. The Labute approximate surface area is 714 Å². The Kier molecular flexibility index (Phi) is 48.4. The van der Waals surface area contributed by atoms with Crippen LogP contribution in [0.4, 0.5) is 0 Å². The number of phenols is 1. The lowest BCUT2D eigenvalue weighted by molar-refractivity contribution is -0.142. The highest BCUT2D eigenvalue weighted by Crippen LogP contribution is 2.19. The third-order valence-electron chi connectivity index (χ3n) is 20.6. The molecule has 0 aliphatic rings. The SMILES string of the molecule is CC[C@H](C)[C@H](NC(=O)[C@H](CCCCN)NC(=O)[C@@H](NC(=O)[C@H](CO)NC(=O)[C@H](Cc1ccc(O)cc1)NC(=O)[C@H](CCC(N)=O)NC(=O)[C@@H](NC(=O)[C@H](CCCCN)NC(=O)[C@@H](NC(=O)[C@H](CC(N)=O)NC(=O)[C@H](CO)NC(=O)[C@H](CC(C)C)NC(=O)[C@@H](NC(=O)[C@@H](N)C(C)C)[C@@H](C)CC)[C@@H](C)O)[C@@H](C)O)[C@@H](C)CC)C(=O)N[C@@H](Cc1cnc[nH]1)C(=O)O. The van der Waals surface area contributed by atoms with E-state index in [0.29, 0.717) is 25.0 Å². The molecule has 1 heterocycles. The second-order valence-corrected chi connectivity index (χ2v) is 31.6. The molecule has 0 saturated carbocycles. The first kappa shape index (κ1) is 108. The van der Waals surface area contributed by atoms with Crippen molar-refractivity contribution in [3.8, 4) is 5.75 Å². The number of hydrogen-bond donors (Lipinski definition) is 26. The standard InChI is InChI=1S/C79H133N21O23/c1-13-40(8)60(74(117)87-48(20-16-18-28-80)66(109)96-61(41(9)14-2)76(119)93-54(79(122)123)32-46-34-85-37-86-46)97-72(115)56(36-102)95-69(112)52(31-45-22-24-47(105)25-23-45)90-65(108)50(26-27-57(82)106)89-78(121)63(43(11)103)99-67(110)49(21-17-19-29-81)88-77(120)64(44(12)104)100-70(113)53(33-58(83)107)91-71(114)55(35-101)94-68(111)51(30-38(4)5)92-75(118)62(42(10)15-3)98-73(116)59(84)39(6)7/h22-25,34,37-44,48-56,59-64,101-105H,13-21,26-33,35-36,80-81,84H2,1-12H3,(H2,82,106)(H2,83,107)(H,85,86)(H,87,117)(H,88,120)(H,89,121)(H,90,108)(H,91,114)(H,92,118)(H,93,119)(H,94,111)(H,95,112)(H,96,109)(H,97,115)(H,98,116)(H,99,110)(H,100,113)(H,122,123)/t40-,41-,42-,43+,44+,48-,49-,50-,51-,52-,53-,54-,55-,56-,59-,60-,61-,62-,63-,64-/m0/s1. The highest BCUT2D eigenvalue weighted by Gasteiger charge is 2.42. The summed E-state index contributed by atoms with van der Waals surface area (Å²) in [6, 6.07) is -19.3. The van der Waals surface area contributed by atoms with Crippen LogP contribution >= 0.6 is 0 Å². The van der Waals surface area contributed by atoms with E-state index < -0.39 is 260 Å². The number of aromatic nitrogens is 2. The Bertz CT molecular complexity index is 3800. The number of nitrogens with zero attached hydrogens (tertiary/aromatic N) is 1. The van der Waals surface area contributed by atoms with Crippen molar-refractivity contribution in [1.29, 1.82) is 0 Å². The van der Waals surface area contributed by atoms with Crippen LogP contribution in [0.2, 0.25) is 0 Å². The number of carboxylic acid groups (broad SMARTS) is 1. The van der Waals surface area contributed by atoms with E-state index in [1.165, 1.54) is 36.8 Å². The second-order valence-electron chi connectivity index (χ2n) is 31.6. The van der Waals surface area contributed by atoms with Crippen molar-refractivity contribution < 1.29 is 112 Å². The number of rotatable bonds is 59. The van der Waals surface area contributed by atoms with Gasteiger partial charge in [0.1, 0.15) is 90.3 Å². The number of phenolic OH excluding ortho intramolecular Hbond substituents is 1. The molecule has 20 atom stereocenters. The van der Waals surface area contributed by atoms with Crippen LogP contribution in [0.5, 0.6) is 5.75 Å². The summed E-state index contributed by atoms with van der Waals surface area (Å²) in [7, 11) is 0. The number of imidazole rings is 1. The molecule has 0 radical (unpaired) electrons. The smallest absolute Gasteiger partial charge is 0.326 e. The maximum Gasteiger partial charge on any atom is 0.326 e. The summed E-state index contributed by atoms with van der Waals surface area (Å²) in [5.74, 6) is -21.2. The number of aliphatic carboxylic acids is 1. The van der Waals surface area contributed by atoms with Gasteiger partial charge in [-0.2, -0.15) is 0 Å². The van der Waals surface area contributed by atoms with E-state index in [1.54, 1.807) is 69.2 Å². The summed E-state index contributed by atoms with van der Waals surface area (Å²) in [5, 5.41) is 97.5. The van der Waals surface area contributed by atoms with Gasteiger partial charge in [-0.1, -0.05) is 101 Å². The van der Waals surface area contributed by atoms with E-state index >= 15 is 0 Å². The van der Waals surface area contributed by atoms with Crippen LogP contribution in [-0.4, -0.2) is 270 Å². The van der Waals surface area contributed by atoms with Crippen molar-refractivity contribution in [3.05, 3.63) is 48.0 Å². The number of benzene rings is 1. The van der Waals surface area contributed by atoms with Gasteiger partial charge in [-0.05, 0) is 126 Å². The summed E-state index contributed by atoms with van der Waals surface area (Å²) in [6.07, 6.45) is -2.37. The molecule has 0 saturated heterocycles. The Morgan fingerprint density at radius 2 is 0.748 bits per heavy atom. The summed E-state index contributed by atoms with van der Waals surface area (Å²) in [4.78, 5) is 242. The first-order valence-corrected chi connectivity index (χ1v) is 41.4. The fourth-order valence-electron chi connectivity index (χ4n) is 12.4. The molecule has 123 heavy (non-hydrogen) atoms. The number of aromatic amines is 1. The van der Waals surface area contributed by atoms with Crippen molar-refractivity contribution in [2.45, 2.75) is 282 Å². The number of unbranched alkanes of at least 4 members (excludes halogenated alkanes) is 2. The maximum absolute atomic E-state index is 14.6. The van der Waals surface area contributed by atoms with Gasteiger partial charge in [0.05, 0.1) is 44.2 Å². The lowest BCUT2D eigenvalue weighted by Crippen LogP contribution is -2.63. The fourth-order valence-corrected chi connectivity index (χ4v) is 12.4. The number of nitrogens with two attached hydrogens (primary N) is 5. The zero-order valence-corrected chi connectivity index (χ0v) is 72.1. The third-order valence-corrected chi connectivity index (χ3v) is 20.6. The monoisotopic (exact) mass is 1740 g/mol. The molecule has 0 aliphatic carbocycles. The predicted octanol–water partition coefficient (Wildman–Crippen LogP) is -6.91. The van der Waals surface area contributed by atoms with Gasteiger partial charge in [0.2, 0.25) is 94.5 Å². The van der Waals surface area contributed by atoms with Crippen molar-refractivity contribution in [1.82, 2.24) is 84.4 Å². The van der Waals surface area contributed by atoms with Gasteiger partial charge in [0.25, 0.3) is 0 Å². The molecular weight excluding hydrogens is 1610 g/mol. The zero-order valence-electron chi connectivity index (χ0n) is 72.1. The van der Waals surface area contributed by atoms with Gasteiger partial charge in [-0.3, -0.25) is 76.7 Å². The number of aliphatic hydroxyl groups excluding tert-OH is 4. The van der Waals surface area contributed by atoms with Crippen LogP contribution in [0.1, 0.15) is 178 Å². The summed E-state index contributed by atoms with van der Waals surface area (Å²) in [5.41, 5.74) is 29.2. The Morgan fingerprint density at radius 3 is 1.12 bits per heavy atom. The number of carbonyl (C=O) groups excluding carboxylic acids is 16. The number of primary amides is 2. The Hall–Kier alpha value is -11.1. The van der Waals surface area contributed by atoms with Crippen LogP contribution in [0.15, 0.2) is 36.8 Å². The zero-order chi connectivity index (χ0) is 93.2. The number of hydrogen-bond acceptors (Lipinski definition) is 26. The quantitative estimate of drug-likeness (QED) is 0.0274. The first-order chi connectivity index (χ1) is 57.8. The summed E-state index contributed by atoms with van der Waals surface area (Å²) < 4.78 is 0. The molecule has 1 aromatic heterocycles. The normalized spacial score (nSPS) is 16.2. The number of nitrogens with one attached hydrogen (secondary N) is 15. The lowest BCUT2D eigenvalue weighted by atomic mass is 9.95. The molecule has 0 unspecified atom stereocenters. The first-order valence-electron chi connectivity index (χ1n) is 41.4. The molecule has 692 valence electrons. The Morgan fingerprint density at radius 1 is 0.407 bits per heavy atom. The van der Waals surface area contributed by atoms with E-state index in [0.717, 1.165) is 13.8 Å². The highest BCUT2D eigenvalue weighted by atomic mass is 16.4. The van der Waals surface area contributed by atoms with Crippen molar-refractivity contribution in [2.24, 2.45) is 58.3 Å². The van der Waals surface area contributed by atoms with Gasteiger partial charge >= 0.3 is 5.97 Å². The van der Waals surface area contributed by atoms with Gasteiger partial charge in [-0.25, -0.2) is 9.78 Å². The van der Waals surface area contributed by atoms with E-state index in [2.05, 4.69) is 84.4 Å². The van der Waals surface area contributed by atoms with Crippen LogP contribution < -0.4 is 103 Å². The minimum Gasteiger partial charge on any atom is -0.508 e. The molecule has 2 rings (SSSR count). The van der Waals surface area contributed by atoms with E-state index in [4.69, 9.17) is 28.7 Å². The number of carboxylic acids is 1. The van der Waals surface area contributed by atoms with Crippen LogP contribution in [0.25, 0.3) is 0 Å². The van der Waals surface area contributed by atoms with Gasteiger partial charge in [0.15, 0.2) is 0 Å². The number of aromatic hydroxyl groups is 1. The maximum atomic E-state index is 14.6. The molecule has 0 aliphatic heterocycles. The minimum absolute atomic E-state index is 0.0283. The number of amides is 16. The number of H-pyrrole nitrogens is 1. The second kappa shape index (κ2) is 55.1. The third kappa shape index (κ3) is 37.7. The summed E-state index contributed by atoms with van der Waals surface area (Å²) >= 11 is 0. The number of aliphatic hydroxyl groups is 4. The average molecular weight is 1750 g/mol. The fraction of sp³-hybridized carbons (Fsp3) is 0.671. The highest BCUT2D eigenvalue weighted by molar-refractivity contribution is 6.01. The summed E-state index contributed by atoms with van der Waals surface area (Å²) in [6.45, 7) is 17.0.